The molecule has 0 aliphatic heterocycles. The van der Waals surface area contributed by atoms with E-state index in [9.17, 15) is 9.59 Å². The molecule has 0 amide bonds. The number of ketones is 1. The van der Waals surface area contributed by atoms with Crippen molar-refractivity contribution in [3.05, 3.63) is 64.3 Å². The summed E-state index contributed by atoms with van der Waals surface area (Å²) in [5, 5.41) is 1.17. The van der Waals surface area contributed by atoms with Gasteiger partial charge in [-0.2, -0.15) is 0 Å². The first-order valence-corrected chi connectivity index (χ1v) is 8.14. The van der Waals surface area contributed by atoms with Crippen molar-refractivity contribution in [3.8, 4) is 0 Å². The number of aromatic amines is 1. The van der Waals surface area contributed by atoms with Crippen LogP contribution in [0.5, 0.6) is 0 Å². The van der Waals surface area contributed by atoms with E-state index in [1.807, 2.05) is 31.2 Å². The molecular formula is C19H17ClN2O3. The normalized spacial score (nSPS) is 12.1. The van der Waals surface area contributed by atoms with Crippen molar-refractivity contribution in [2.24, 2.45) is 0 Å². The Kier molecular flexibility index (Phi) is 4.51. The molecule has 3 rings (SSSR count). The van der Waals surface area contributed by atoms with Crippen molar-refractivity contribution in [3.63, 3.8) is 0 Å². The van der Waals surface area contributed by atoms with Crippen LogP contribution >= 0.6 is 11.6 Å². The van der Waals surface area contributed by atoms with E-state index < -0.39 is 12.1 Å². The largest absolute Gasteiger partial charge is 0.451 e. The zero-order chi connectivity index (χ0) is 18.1. The van der Waals surface area contributed by atoms with Crippen molar-refractivity contribution in [2.45, 2.75) is 20.0 Å². The number of esters is 1. The summed E-state index contributed by atoms with van der Waals surface area (Å²) in [6.07, 6.45) is -0.928. The molecule has 25 heavy (non-hydrogen) atoms. The lowest BCUT2D eigenvalue weighted by Crippen LogP contribution is -2.25. The van der Waals surface area contributed by atoms with Gasteiger partial charge in [0.05, 0.1) is 16.3 Å². The van der Waals surface area contributed by atoms with Crippen LogP contribution in [0.3, 0.4) is 0 Å². The number of rotatable bonds is 4. The van der Waals surface area contributed by atoms with Gasteiger partial charge in [-0.3, -0.25) is 4.79 Å². The van der Waals surface area contributed by atoms with Gasteiger partial charge < -0.3 is 15.5 Å². The van der Waals surface area contributed by atoms with E-state index in [-0.39, 0.29) is 17.0 Å². The van der Waals surface area contributed by atoms with E-state index >= 15 is 0 Å². The van der Waals surface area contributed by atoms with E-state index in [2.05, 4.69) is 4.98 Å². The lowest BCUT2D eigenvalue weighted by atomic mass is 10.0. The maximum atomic E-state index is 12.8. The van der Waals surface area contributed by atoms with Gasteiger partial charge in [-0.05, 0) is 38.1 Å². The Bertz CT molecular complexity index is 978. The second kappa shape index (κ2) is 6.61. The first-order chi connectivity index (χ1) is 11.9. The number of aryl methyl sites for hydroxylation is 1. The third-order valence-electron chi connectivity index (χ3n) is 4.02. The van der Waals surface area contributed by atoms with Gasteiger partial charge in [0.15, 0.2) is 6.10 Å². The minimum absolute atomic E-state index is 0.247. The number of halogens is 1. The molecule has 128 valence electrons. The van der Waals surface area contributed by atoms with Crippen molar-refractivity contribution >= 4 is 39.9 Å². The molecule has 1 atom stereocenters. The Labute approximate surface area is 149 Å². The minimum Gasteiger partial charge on any atom is -0.451 e. The second-order valence-corrected chi connectivity index (χ2v) is 6.23. The average Bonchev–Trinajstić information content (AvgIpc) is 2.92. The third-order valence-corrected chi connectivity index (χ3v) is 4.37. The summed E-state index contributed by atoms with van der Waals surface area (Å²) in [6, 6.07) is 12.0. The number of nitrogens with one attached hydrogen (secondary N) is 1. The van der Waals surface area contributed by atoms with Crippen LogP contribution in [0.1, 0.15) is 33.3 Å². The van der Waals surface area contributed by atoms with E-state index in [4.69, 9.17) is 22.1 Å². The highest BCUT2D eigenvalue weighted by Crippen LogP contribution is 2.25. The van der Waals surface area contributed by atoms with Crippen LogP contribution in [-0.2, 0) is 4.74 Å². The van der Waals surface area contributed by atoms with Crippen molar-refractivity contribution in [1.29, 1.82) is 0 Å². The summed E-state index contributed by atoms with van der Waals surface area (Å²) in [5.74, 6) is -0.882. The lowest BCUT2D eigenvalue weighted by Gasteiger charge is -2.13. The summed E-state index contributed by atoms with van der Waals surface area (Å²) < 4.78 is 5.32. The average molecular weight is 357 g/mol. The van der Waals surface area contributed by atoms with Crippen LogP contribution in [0.15, 0.2) is 42.5 Å². The quantitative estimate of drug-likeness (QED) is 0.418. The summed E-state index contributed by atoms with van der Waals surface area (Å²) in [6.45, 7) is 3.38. The Morgan fingerprint density at radius 1 is 1.20 bits per heavy atom. The number of benzene rings is 2. The van der Waals surface area contributed by atoms with Gasteiger partial charge in [0.2, 0.25) is 5.78 Å². The SMILES string of the molecule is Cc1[nH]c2ccccc2c1C(=O)[C@@H](C)OC(=O)c1ccc(Cl)c(N)c1. The van der Waals surface area contributed by atoms with Crippen LogP contribution in [0.2, 0.25) is 5.02 Å². The molecule has 2 aromatic carbocycles. The number of H-pyrrole nitrogens is 1. The maximum Gasteiger partial charge on any atom is 0.338 e. The zero-order valence-corrected chi connectivity index (χ0v) is 14.6. The van der Waals surface area contributed by atoms with Gasteiger partial charge in [-0.15, -0.1) is 0 Å². The maximum absolute atomic E-state index is 12.8. The highest BCUT2D eigenvalue weighted by Gasteiger charge is 2.25. The molecule has 0 saturated heterocycles. The van der Waals surface area contributed by atoms with Gasteiger partial charge in [0.25, 0.3) is 0 Å². The molecule has 0 saturated carbocycles. The predicted octanol–water partition coefficient (Wildman–Crippen LogP) is 4.14. The molecule has 0 aliphatic carbocycles. The second-order valence-electron chi connectivity index (χ2n) is 5.82. The van der Waals surface area contributed by atoms with Crippen LogP contribution in [0.4, 0.5) is 5.69 Å². The fourth-order valence-corrected chi connectivity index (χ4v) is 2.87. The number of fused-ring (bicyclic) bond motifs is 1. The Hall–Kier alpha value is -2.79. The van der Waals surface area contributed by atoms with Crippen molar-refractivity contribution in [1.82, 2.24) is 4.98 Å². The summed E-state index contributed by atoms with van der Waals surface area (Å²) in [5.41, 5.74) is 8.37. The first kappa shape index (κ1) is 17.0. The van der Waals surface area contributed by atoms with Gasteiger partial charge in [-0.25, -0.2) is 4.79 Å². The van der Waals surface area contributed by atoms with Crippen LogP contribution in [0.25, 0.3) is 10.9 Å². The molecule has 0 spiro atoms. The van der Waals surface area contributed by atoms with Crippen LogP contribution < -0.4 is 5.73 Å². The molecule has 1 aromatic heterocycles. The molecular weight excluding hydrogens is 340 g/mol. The van der Waals surface area contributed by atoms with E-state index in [1.54, 1.807) is 6.92 Å². The molecule has 0 bridgehead atoms. The Morgan fingerprint density at radius 3 is 2.64 bits per heavy atom. The number of carbonyl (C=O) groups is 2. The van der Waals surface area contributed by atoms with Gasteiger partial charge in [-0.1, -0.05) is 29.8 Å². The Balaban J connectivity index is 1.83. The number of nitrogens with two attached hydrogens (primary N) is 1. The fraction of sp³-hybridized carbons (Fsp3) is 0.158. The summed E-state index contributed by atoms with van der Waals surface area (Å²) in [7, 11) is 0. The first-order valence-electron chi connectivity index (χ1n) is 7.76. The van der Waals surface area contributed by atoms with Gasteiger partial charge in [0, 0.05) is 22.2 Å². The number of Topliss-reactive ketones (excluding diaryl/α,β-unsaturated/α-hetero) is 1. The smallest absolute Gasteiger partial charge is 0.338 e. The molecule has 0 radical (unpaired) electrons. The number of hydrogen-bond donors (Lipinski definition) is 2. The number of para-hydroxylation sites is 1. The molecule has 1 heterocycles. The van der Waals surface area contributed by atoms with Crippen LogP contribution in [0, 0.1) is 6.92 Å². The van der Waals surface area contributed by atoms with Gasteiger partial charge >= 0.3 is 5.97 Å². The summed E-state index contributed by atoms with van der Waals surface area (Å²) in [4.78, 5) is 28.2. The summed E-state index contributed by atoms with van der Waals surface area (Å²) >= 11 is 5.85. The zero-order valence-electron chi connectivity index (χ0n) is 13.8. The molecule has 6 heteroatoms. The highest BCUT2D eigenvalue weighted by atomic mass is 35.5. The third kappa shape index (κ3) is 3.23. The minimum atomic E-state index is -0.928. The lowest BCUT2D eigenvalue weighted by molar-refractivity contribution is 0.0319. The van der Waals surface area contributed by atoms with Gasteiger partial charge in [0.1, 0.15) is 0 Å². The van der Waals surface area contributed by atoms with Crippen molar-refractivity contribution < 1.29 is 14.3 Å². The number of hydrogen-bond acceptors (Lipinski definition) is 4. The molecule has 3 aromatic rings. The van der Waals surface area contributed by atoms with Crippen LogP contribution in [-0.4, -0.2) is 22.8 Å². The highest BCUT2D eigenvalue weighted by molar-refractivity contribution is 6.33. The van der Waals surface area contributed by atoms with E-state index in [1.165, 1.54) is 18.2 Å². The molecule has 5 nitrogen and oxygen atoms in total. The molecule has 3 N–H and O–H groups in total. The number of anilines is 1. The van der Waals surface area contributed by atoms with Crippen molar-refractivity contribution in [2.75, 3.05) is 5.73 Å². The monoisotopic (exact) mass is 356 g/mol. The molecule has 0 unspecified atom stereocenters. The number of nitrogen functional groups attached to an aromatic ring is 1. The predicted molar refractivity (Wildman–Crippen MR) is 98.1 cm³/mol. The van der Waals surface area contributed by atoms with E-state index in [0.29, 0.717) is 10.6 Å². The van der Waals surface area contributed by atoms with E-state index in [0.717, 1.165) is 16.6 Å². The number of aromatic nitrogens is 1. The molecule has 0 fully saturated rings. The number of ether oxygens (including phenoxy) is 1. The molecule has 0 aliphatic rings. The Morgan fingerprint density at radius 2 is 1.92 bits per heavy atom. The fourth-order valence-electron chi connectivity index (χ4n) is 2.75. The number of carbonyl (C=O) groups excluding carboxylic acids is 2. The topological polar surface area (TPSA) is 85.2 Å². The standard InChI is InChI=1S/C19H17ClN2O3/c1-10-17(13-5-3-4-6-16(13)22-10)18(23)11(2)25-19(24)12-7-8-14(20)15(21)9-12/h3-9,11,22H,21H2,1-2H3/t11-/m1/s1.